The van der Waals surface area contributed by atoms with Crippen molar-refractivity contribution in [2.75, 3.05) is 11.9 Å². The Bertz CT molecular complexity index is 380. The maximum Gasteiger partial charge on any atom is 0.230 e. The first-order chi connectivity index (χ1) is 8.43. The number of carbonyl (C=O) groups is 1. The number of anilines is 1. The Balaban J connectivity index is 2.53. The number of nitrogens with one attached hydrogen (secondary N) is 1. The van der Waals surface area contributed by atoms with Crippen molar-refractivity contribution in [1.82, 2.24) is 4.98 Å². The fourth-order valence-electron chi connectivity index (χ4n) is 1.39. The molecule has 1 amide bonds. The molecule has 0 saturated heterocycles. The summed E-state index contributed by atoms with van der Waals surface area (Å²) in [6.45, 7) is 5.83. The van der Waals surface area contributed by atoms with Gasteiger partial charge in [0.2, 0.25) is 5.91 Å². The van der Waals surface area contributed by atoms with Crippen LogP contribution in [0.2, 0.25) is 0 Å². The summed E-state index contributed by atoms with van der Waals surface area (Å²) in [6, 6.07) is 3.78. The molecular formula is C14H22N2O2. The molecule has 1 aromatic rings. The number of carbonyl (C=O) groups excluding carboxylic acids is 1. The van der Waals surface area contributed by atoms with Crippen molar-refractivity contribution in [2.45, 2.75) is 40.0 Å². The zero-order chi connectivity index (χ0) is 13.6. The van der Waals surface area contributed by atoms with Crippen LogP contribution < -0.4 is 5.32 Å². The fraction of sp³-hybridized carbons (Fsp3) is 0.571. The van der Waals surface area contributed by atoms with E-state index in [1.807, 2.05) is 32.9 Å². The highest BCUT2D eigenvalue weighted by atomic mass is 16.2. The Labute approximate surface area is 108 Å². The minimum absolute atomic E-state index is 0.0389. The largest absolute Gasteiger partial charge is 0.396 e. The third-order valence-corrected chi connectivity index (χ3v) is 2.62. The number of nitrogens with zero attached hydrogens (tertiary/aromatic N) is 1. The van der Waals surface area contributed by atoms with Gasteiger partial charge in [0.05, 0.1) is 0 Å². The maximum absolute atomic E-state index is 11.8. The third-order valence-electron chi connectivity index (χ3n) is 2.62. The number of aliphatic hydroxyl groups excluding tert-OH is 1. The van der Waals surface area contributed by atoms with Gasteiger partial charge in [0.1, 0.15) is 5.82 Å². The summed E-state index contributed by atoms with van der Waals surface area (Å²) in [7, 11) is 0. The normalized spacial score (nSPS) is 11.3. The SMILES string of the molecule is CC(C)(C)C(=O)Nc1ccc(CCCCO)cn1. The summed E-state index contributed by atoms with van der Waals surface area (Å²) in [5, 5.41) is 11.5. The molecule has 1 rings (SSSR count). The van der Waals surface area contributed by atoms with Gasteiger partial charge in [0.15, 0.2) is 0 Å². The molecule has 0 aliphatic heterocycles. The van der Waals surface area contributed by atoms with Crippen LogP contribution in [-0.4, -0.2) is 22.6 Å². The van der Waals surface area contributed by atoms with Gasteiger partial charge in [-0.25, -0.2) is 4.98 Å². The van der Waals surface area contributed by atoms with E-state index in [1.165, 1.54) is 0 Å². The molecule has 0 bridgehead atoms. The molecule has 0 aliphatic rings. The number of pyridine rings is 1. The molecule has 0 atom stereocenters. The van der Waals surface area contributed by atoms with Crippen LogP contribution in [-0.2, 0) is 11.2 Å². The molecule has 1 aromatic heterocycles. The summed E-state index contributed by atoms with van der Waals surface area (Å²) in [4.78, 5) is 16.0. The predicted molar refractivity (Wildman–Crippen MR) is 72.3 cm³/mol. The lowest BCUT2D eigenvalue weighted by molar-refractivity contribution is -0.123. The first kappa shape index (κ1) is 14.6. The van der Waals surface area contributed by atoms with Crippen LogP contribution in [0.5, 0.6) is 0 Å². The molecule has 0 spiro atoms. The number of unbranched alkanes of at least 4 members (excludes halogenated alkanes) is 1. The summed E-state index contributed by atoms with van der Waals surface area (Å²) in [5.74, 6) is 0.545. The number of aromatic nitrogens is 1. The van der Waals surface area contributed by atoms with Crippen LogP contribution in [0.4, 0.5) is 5.82 Å². The van der Waals surface area contributed by atoms with Crippen LogP contribution in [0.1, 0.15) is 39.2 Å². The van der Waals surface area contributed by atoms with E-state index >= 15 is 0 Å². The average molecular weight is 250 g/mol. The van der Waals surface area contributed by atoms with Crippen molar-refractivity contribution in [3.05, 3.63) is 23.9 Å². The highest BCUT2D eigenvalue weighted by Crippen LogP contribution is 2.16. The van der Waals surface area contributed by atoms with E-state index < -0.39 is 5.41 Å². The van der Waals surface area contributed by atoms with E-state index in [0.29, 0.717) is 5.82 Å². The van der Waals surface area contributed by atoms with Gasteiger partial charge in [0.25, 0.3) is 0 Å². The van der Waals surface area contributed by atoms with E-state index in [-0.39, 0.29) is 12.5 Å². The van der Waals surface area contributed by atoms with Crippen LogP contribution >= 0.6 is 0 Å². The lowest BCUT2D eigenvalue weighted by atomic mass is 9.96. The summed E-state index contributed by atoms with van der Waals surface area (Å²) in [6.07, 6.45) is 4.44. The standard InChI is InChI=1S/C14H22N2O2/c1-14(2,3)13(18)16-12-8-7-11(10-15-12)6-4-5-9-17/h7-8,10,17H,4-6,9H2,1-3H3,(H,15,16,18). The lowest BCUT2D eigenvalue weighted by Crippen LogP contribution is -2.27. The molecular weight excluding hydrogens is 228 g/mol. The van der Waals surface area contributed by atoms with Gasteiger partial charge >= 0.3 is 0 Å². The number of hydrogen-bond donors (Lipinski definition) is 2. The van der Waals surface area contributed by atoms with Gasteiger partial charge in [0, 0.05) is 18.2 Å². The van der Waals surface area contributed by atoms with E-state index in [4.69, 9.17) is 5.11 Å². The Morgan fingerprint density at radius 1 is 1.33 bits per heavy atom. The molecule has 100 valence electrons. The van der Waals surface area contributed by atoms with Gasteiger partial charge in [-0.05, 0) is 30.9 Å². The van der Waals surface area contributed by atoms with Crippen molar-refractivity contribution in [1.29, 1.82) is 0 Å². The molecule has 0 unspecified atom stereocenters. The highest BCUT2D eigenvalue weighted by molar-refractivity contribution is 5.93. The lowest BCUT2D eigenvalue weighted by Gasteiger charge is -2.17. The number of aryl methyl sites for hydroxylation is 1. The predicted octanol–water partition coefficient (Wildman–Crippen LogP) is 2.38. The Morgan fingerprint density at radius 3 is 2.56 bits per heavy atom. The zero-order valence-electron chi connectivity index (χ0n) is 11.4. The molecule has 0 saturated carbocycles. The quantitative estimate of drug-likeness (QED) is 0.789. The van der Waals surface area contributed by atoms with Crippen molar-refractivity contribution < 1.29 is 9.90 Å². The van der Waals surface area contributed by atoms with Crippen molar-refractivity contribution >= 4 is 11.7 Å². The second-order valence-electron chi connectivity index (χ2n) is 5.44. The zero-order valence-corrected chi connectivity index (χ0v) is 11.4. The van der Waals surface area contributed by atoms with E-state index in [0.717, 1.165) is 24.8 Å². The molecule has 4 heteroatoms. The van der Waals surface area contributed by atoms with Crippen molar-refractivity contribution in [3.8, 4) is 0 Å². The number of aliphatic hydroxyl groups is 1. The van der Waals surface area contributed by atoms with Crippen LogP contribution in [0.3, 0.4) is 0 Å². The molecule has 2 N–H and O–H groups in total. The third kappa shape index (κ3) is 4.84. The first-order valence-corrected chi connectivity index (χ1v) is 6.31. The molecule has 0 fully saturated rings. The molecule has 0 aromatic carbocycles. The Kier molecular flexibility index (Phi) is 5.28. The van der Waals surface area contributed by atoms with Crippen LogP contribution in [0.15, 0.2) is 18.3 Å². The second kappa shape index (κ2) is 6.50. The second-order valence-corrected chi connectivity index (χ2v) is 5.44. The summed E-state index contributed by atoms with van der Waals surface area (Å²) >= 11 is 0. The Hall–Kier alpha value is -1.42. The summed E-state index contributed by atoms with van der Waals surface area (Å²) in [5.41, 5.74) is 0.707. The van der Waals surface area contributed by atoms with E-state index in [1.54, 1.807) is 6.20 Å². The highest BCUT2D eigenvalue weighted by Gasteiger charge is 2.21. The number of rotatable bonds is 5. The smallest absolute Gasteiger partial charge is 0.230 e. The van der Waals surface area contributed by atoms with Gasteiger partial charge in [-0.2, -0.15) is 0 Å². The molecule has 18 heavy (non-hydrogen) atoms. The number of hydrogen-bond acceptors (Lipinski definition) is 3. The van der Waals surface area contributed by atoms with E-state index in [2.05, 4.69) is 10.3 Å². The Morgan fingerprint density at radius 2 is 2.06 bits per heavy atom. The van der Waals surface area contributed by atoms with Crippen molar-refractivity contribution in [3.63, 3.8) is 0 Å². The first-order valence-electron chi connectivity index (χ1n) is 6.31. The molecule has 0 aliphatic carbocycles. The topological polar surface area (TPSA) is 62.2 Å². The van der Waals surface area contributed by atoms with Gasteiger partial charge in [-0.15, -0.1) is 0 Å². The molecule has 0 radical (unpaired) electrons. The van der Waals surface area contributed by atoms with E-state index in [9.17, 15) is 4.79 Å². The van der Waals surface area contributed by atoms with Crippen LogP contribution in [0.25, 0.3) is 0 Å². The minimum Gasteiger partial charge on any atom is -0.396 e. The monoisotopic (exact) mass is 250 g/mol. The van der Waals surface area contributed by atoms with Crippen molar-refractivity contribution in [2.24, 2.45) is 5.41 Å². The van der Waals surface area contributed by atoms with Gasteiger partial charge in [-0.1, -0.05) is 26.8 Å². The minimum atomic E-state index is -0.415. The summed E-state index contributed by atoms with van der Waals surface area (Å²) < 4.78 is 0. The molecule has 1 heterocycles. The van der Waals surface area contributed by atoms with Gasteiger partial charge < -0.3 is 10.4 Å². The fourth-order valence-corrected chi connectivity index (χ4v) is 1.39. The average Bonchev–Trinajstić information content (AvgIpc) is 2.30. The molecule has 4 nitrogen and oxygen atoms in total. The maximum atomic E-state index is 11.8. The van der Waals surface area contributed by atoms with Crippen LogP contribution in [0, 0.1) is 5.41 Å². The number of amides is 1. The van der Waals surface area contributed by atoms with Gasteiger partial charge in [-0.3, -0.25) is 4.79 Å².